The molecule has 2 atom stereocenters. The molecule has 1 amide bonds. The maximum absolute atomic E-state index is 14.0. The summed E-state index contributed by atoms with van der Waals surface area (Å²) in [4.78, 5) is 48.3. The zero-order chi connectivity index (χ0) is 28.7. The van der Waals surface area contributed by atoms with Gasteiger partial charge in [-0.1, -0.05) is 43.8 Å². The summed E-state index contributed by atoms with van der Waals surface area (Å²) in [5.74, 6) is 0.546. The number of carbonyl (C=O) groups excluding carboxylic acids is 2. The van der Waals surface area contributed by atoms with Gasteiger partial charge in [0.05, 0.1) is 29.0 Å². The van der Waals surface area contributed by atoms with Gasteiger partial charge in [-0.05, 0) is 80.5 Å². The fraction of sp³-hybridized carbons (Fsp3) is 0.419. The third-order valence-electron chi connectivity index (χ3n) is 7.89. The Morgan fingerprint density at radius 3 is 2.44 bits per heavy atom. The van der Waals surface area contributed by atoms with Gasteiger partial charge < -0.3 is 10.1 Å². The zero-order valence-electron chi connectivity index (χ0n) is 23.5. The third kappa shape index (κ3) is 5.49. The van der Waals surface area contributed by atoms with Crippen molar-refractivity contribution in [2.24, 2.45) is 11.8 Å². The summed E-state index contributed by atoms with van der Waals surface area (Å²) in [6, 6.07) is 9.49. The zero-order valence-corrected chi connectivity index (χ0v) is 25.9. The van der Waals surface area contributed by atoms with E-state index < -0.39 is 0 Å². The minimum absolute atomic E-state index is 0.0497. The summed E-state index contributed by atoms with van der Waals surface area (Å²) in [5.41, 5.74) is 3.29. The Hall–Kier alpha value is -2.95. The topological polar surface area (TPSA) is 90.3 Å². The number of hydrogen-bond donors (Lipinski definition) is 1. The van der Waals surface area contributed by atoms with E-state index in [9.17, 15) is 14.4 Å². The van der Waals surface area contributed by atoms with Crippen LogP contribution in [0.4, 0.5) is 5.00 Å². The lowest BCUT2D eigenvalue weighted by Crippen LogP contribution is -2.23. The molecule has 3 aromatic heterocycles. The van der Waals surface area contributed by atoms with Crippen molar-refractivity contribution in [1.82, 2.24) is 9.55 Å². The summed E-state index contributed by atoms with van der Waals surface area (Å²) in [5, 5.41) is 4.75. The first-order chi connectivity index (χ1) is 19.8. The molecule has 2 aliphatic rings. The summed E-state index contributed by atoms with van der Waals surface area (Å²) in [6.07, 6.45) is 5.65. The number of hydrogen-bond acceptors (Lipinski definition) is 8. The molecule has 0 saturated heterocycles. The van der Waals surface area contributed by atoms with E-state index in [-0.39, 0.29) is 29.8 Å². The number of benzene rings is 1. The van der Waals surface area contributed by atoms with Crippen LogP contribution in [0.1, 0.15) is 64.9 Å². The first-order valence-electron chi connectivity index (χ1n) is 14.2. The van der Waals surface area contributed by atoms with Crippen molar-refractivity contribution in [3.63, 3.8) is 0 Å². The highest BCUT2D eigenvalue weighted by molar-refractivity contribution is 7.99. The number of carbonyl (C=O) groups is 2. The molecule has 1 aromatic carbocycles. The molecule has 4 aromatic rings. The molecule has 0 unspecified atom stereocenters. The largest absolute Gasteiger partial charge is 0.462 e. The molecular formula is C31H33N3O4S3. The SMILES string of the molecule is CCOC(=O)c1c(NC(=O)CSc2nc3sc4c(c3c(=O)n2-c2ccccc2)CC[C@H](C)C4)sc2c1CC[C@@H](C)C2. The second-order valence-electron chi connectivity index (χ2n) is 11.0. The van der Waals surface area contributed by atoms with Gasteiger partial charge in [-0.3, -0.25) is 14.2 Å². The molecule has 7 nitrogen and oxygen atoms in total. The van der Waals surface area contributed by atoms with Gasteiger partial charge in [0, 0.05) is 9.75 Å². The van der Waals surface area contributed by atoms with Crippen LogP contribution in [-0.2, 0) is 35.2 Å². The molecule has 0 fully saturated rings. The third-order valence-corrected chi connectivity index (χ3v) is 11.1. The molecule has 0 spiro atoms. The van der Waals surface area contributed by atoms with Gasteiger partial charge in [-0.2, -0.15) is 0 Å². The Morgan fingerprint density at radius 1 is 1.05 bits per heavy atom. The lowest BCUT2D eigenvalue weighted by Gasteiger charge is -2.18. The Balaban J connectivity index is 1.31. The minimum atomic E-state index is -0.386. The van der Waals surface area contributed by atoms with E-state index in [1.54, 1.807) is 22.8 Å². The van der Waals surface area contributed by atoms with E-state index >= 15 is 0 Å². The highest BCUT2D eigenvalue weighted by atomic mass is 32.2. The minimum Gasteiger partial charge on any atom is -0.462 e. The summed E-state index contributed by atoms with van der Waals surface area (Å²) >= 11 is 4.33. The summed E-state index contributed by atoms with van der Waals surface area (Å²) < 4.78 is 6.99. The van der Waals surface area contributed by atoms with Crippen molar-refractivity contribution >= 4 is 61.5 Å². The van der Waals surface area contributed by atoms with E-state index in [1.165, 1.54) is 28.0 Å². The second kappa shape index (κ2) is 11.7. The van der Waals surface area contributed by atoms with Crippen LogP contribution in [0.3, 0.4) is 0 Å². The van der Waals surface area contributed by atoms with Crippen LogP contribution in [0.2, 0.25) is 0 Å². The quantitative estimate of drug-likeness (QED) is 0.143. The monoisotopic (exact) mass is 607 g/mol. The van der Waals surface area contributed by atoms with Crippen molar-refractivity contribution in [1.29, 1.82) is 0 Å². The predicted octanol–water partition coefficient (Wildman–Crippen LogP) is 6.67. The first-order valence-corrected chi connectivity index (χ1v) is 16.8. The highest BCUT2D eigenvalue weighted by Crippen LogP contribution is 2.41. The molecule has 41 heavy (non-hydrogen) atoms. The van der Waals surface area contributed by atoms with Gasteiger partial charge in [0.25, 0.3) is 5.56 Å². The van der Waals surface area contributed by atoms with Crippen molar-refractivity contribution in [2.75, 3.05) is 17.7 Å². The highest BCUT2D eigenvalue weighted by Gasteiger charge is 2.30. The number of aromatic nitrogens is 2. The van der Waals surface area contributed by atoms with Crippen molar-refractivity contribution < 1.29 is 14.3 Å². The van der Waals surface area contributed by atoms with Gasteiger partial charge in [0.2, 0.25) is 5.91 Å². The van der Waals surface area contributed by atoms with E-state index in [4.69, 9.17) is 9.72 Å². The Labute approximate surface area is 251 Å². The normalized spacial score (nSPS) is 18.1. The number of thioether (sulfide) groups is 1. The Kier molecular flexibility index (Phi) is 8.07. The lowest BCUT2D eigenvalue weighted by atomic mass is 9.88. The van der Waals surface area contributed by atoms with Gasteiger partial charge in [-0.15, -0.1) is 22.7 Å². The van der Waals surface area contributed by atoms with E-state index in [2.05, 4.69) is 19.2 Å². The number of amides is 1. The number of aryl methyl sites for hydroxylation is 1. The van der Waals surface area contributed by atoms with Gasteiger partial charge in [0.15, 0.2) is 5.16 Å². The Bertz CT molecular complexity index is 1690. The molecule has 2 aliphatic carbocycles. The fourth-order valence-corrected chi connectivity index (χ4v) is 9.48. The molecule has 0 bridgehead atoms. The number of nitrogens with one attached hydrogen (secondary N) is 1. The molecule has 1 N–H and O–H groups in total. The number of para-hydroxylation sites is 1. The predicted molar refractivity (Wildman–Crippen MR) is 167 cm³/mol. The van der Waals surface area contributed by atoms with Crippen LogP contribution in [0.5, 0.6) is 0 Å². The molecule has 0 radical (unpaired) electrons. The van der Waals surface area contributed by atoms with Gasteiger partial charge in [-0.25, -0.2) is 9.78 Å². The maximum atomic E-state index is 14.0. The first kappa shape index (κ1) is 28.2. The number of ether oxygens (including phenoxy) is 1. The number of anilines is 1. The van der Waals surface area contributed by atoms with Gasteiger partial charge >= 0.3 is 5.97 Å². The summed E-state index contributed by atoms with van der Waals surface area (Å²) in [7, 11) is 0. The van der Waals surface area contributed by atoms with Crippen LogP contribution in [0, 0.1) is 11.8 Å². The van der Waals surface area contributed by atoms with Crippen molar-refractivity contribution in [3.8, 4) is 5.69 Å². The average molecular weight is 608 g/mol. The molecule has 214 valence electrons. The standard InChI is InChI=1S/C31H33N3O4S3/c1-4-38-30(37)26-21-13-11-18(3)15-23(21)41-28(26)32-24(35)16-39-31-33-27-25(20-12-10-17(2)14-22(20)40-27)29(36)34(31)19-8-6-5-7-9-19/h5-9,17-18H,4,10-16H2,1-3H3,(H,32,35)/t17-,18+/m0/s1. The van der Waals surface area contributed by atoms with Crippen molar-refractivity contribution in [2.45, 2.75) is 64.5 Å². The smallest absolute Gasteiger partial charge is 0.341 e. The van der Waals surface area contributed by atoms with Crippen LogP contribution in [0.25, 0.3) is 15.9 Å². The number of nitrogens with zero attached hydrogens (tertiary/aromatic N) is 2. The van der Waals surface area contributed by atoms with E-state index in [0.717, 1.165) is 65.0 Å². The maximum Gasteiger partial charge on any atom is 0.341 e. The van der Waals surface area contributed by atoms with E-state index in [1.807, 2.05) is 30.3 Å². The number of fused-ring (bicyclic) bond motifs is 4. The van der Waals surface area contributed by atoms with Crippen LogP contribution in [0.15, 0.2) is 40.3 Å². The van der Waals surface area contributed by atoms with Crippen LogP contribution >= 0.6 is 34.4 Å². The molecule has 6 rings (SSSR count). The van der Waals surface area contributed by atoms with Crippen LogP contribution < -0.4 is 10.9 Å². The second-order valence-corrected chi connectivity index (χ2v) is 14.1. The van der Waals surface area contributed by atoms with E-state index in [0.29, 0.717) is 32.9 Å². The molecule has 3 heterocycles. The molecule has 0 saturated carbocycles. The fourth-order valence-electron chi connectivity index (χ4n) is 5.82. The van der Waals surface area contributed by atoms with Crippen molar-refractivity contribution in [3.05, 3.63) is 67.1 Å². The molecule has 10 heteroatoms. The average Bonchev–Trinajstić information content (AvgIpc) is 3.49. The van der Waals surface area contributed by atoms with Crippen LogP contribution in [-0.4, -0.2) is 33.8 Å². The molecule has 0 aliphatic heterocycles. The number of esters is 1. The van der Waals surface area contributed by atoms with Gasteiger partial charge in [0.1, 0.15) is 9.83 Å². The number of thiophene rings is 2. The lowest BCUT2D eigenvalue weighted by molar-refractivity contribution is -0.113. The summed E-state index contributed by atoms with van der Waals surface area (Å²) in [6.45, 7) is 6.52. The Morgan fingerprint density at radius 2 is 1.73 bits per heavy atom. The molecular weight excluding hydrogens is 575 g/mol. The number of rotatable bonds is 7.